The predicted octanol–water partition coefficient (Wildman–Crippen LogP) is 4.51. The molecule has 0 radical (unpaired) electrons. The molecule has 22 heavy (non-hydrogen) atoms. The third-order valence-electron chi connectivity index (χ3n) is 3.32. The van der Waals surface area contributed by atoms with E-state index in [1.165, 1.54) is 5.56 Å². The molecular formula is C17H14BrNO3. The van der Waals surface area contributed by atoms with Gasteiger partial charge < -0.3 is 9.15 Å². The zero-order chi connectivity index (χ0) is 15.7. The van der Waals surface area contributed by atoms with Gasteiger partial charge in [-0.2, -0.15) is 0 Å². The zero-order valence-corrected chi connectivity index (χ0v) is 13.8. The summed E-state index contributed by atoms with van der Waals surface area (Å²) in [5.41, 5.74) is 2.23. The number of halogens is 1. The molecule has 1 aromatic heterocycles. The van der Waals surface area contributed by atoms with E-state index in [2.05, 4.69) is 34.8 Å². The van der Waals surface area contributed by atoms with Crippen molar-refractivity contribution in [1.29, 1.82) is 0 Å². The number of carbonyl (C=O) groups excluding carboxylic acids is 1. The molecule has 1 aliphatic heterocycles. The Morgan fingerprint density at radius 2 is 1.86 bits per heavy atom. The first-order chi connectivity index (χ1) is 10.5. The minimum Gasteiger partial charge on any atom is -0.450 e. The van der Waals surface area contributed by atoms with Crippen molar-refractivity contribution in [3.63, 3.8) is 0 Å². The smallest absolute Gasteiger partial charge is 0.363 e. The number of aliphatic imine (C=N–C) groups is 1. The number of carbonyl (C=O) groups is 1. The number of ether oxygens (including phenoxy) is 1. The van der Waals surface area contributed by atoms with Crippen molar-refractivity contribution in [2.24, 2.45) is 4.99 Å². The molecule has 0 amide bonds. The van der Waals surface area contributed by atoms with Crippen molar-refractivity contribution >= 4 is 33.9 Å². The monoisotopic (exact) mass is 359 g/mol. The molecule has 4 nitrogen and oxygen atoms in total. The Hall–Kier alpha value is -2.14. The SMILES string of the molecule is CC(C)c1ccc(C2=N/C(=C\c3ccc(Br)o3)C(=O)O2)cc1. The van der Waals surface area contributed by atoms with Crippen molar-refractivity contribution in [1.82, 2.24) is 0 Å². The lowest BCUT2D eigenvalue weighted by Crippen LogP contribution is -2.05. The Morgan fingerprint density at radius 3 is 2.45 bits per heavy atom. The molecule has 0 N–H and O–H groups in total. The minimum atomic E-state index is -0.476. The van der Waals surface area contributed by atoms with Crippen LogP contribution in [0.3, 0.4) is 0 Å². The Labute approximate surface area is 136 Å². The van der Waals surface area contributed by atoms with Crippen LogP contribution in [0.2, 0.25) is 0 Å². The number of furan rings is 1. The number of hydrogen-bond donors (Lipinski definition) is 0. The molecule has 5 heteroatoms. The minimum absolute atomic E-state index is 0.227. The predicted molar refractivity (Wildman–Crippen MR) is 87.5 cm³/mol. The van der Waals surface area contributed by atoms with Gasteiger partial charge in [-0.1, -0.05) is 26.0 Å². The first-order valence-corrected chi connectivity index (χ1v) is 7.70. The fraction of sp³-hybridized carbons (Fsp3) is 0.176. The maximum absolute atomic E-state index is 11.9. The second kappa shape index (κ2) is 5.93. The topological polar surface area (TPSA) is 51.8 Å². The van der Waals surface area contributed by atoms with Gasteiger partial charge in [0.05, 0.1) is 0 Å². The Morgan fingerprint density at radius 1 is 1.14 bits per heavy atom. The number of nitrogens with zero attached hydrogens (tertiary/aromatic N) is 1. The molecule has 0 saturated carbocycles. The summed E-state index contributed by atoms with van der Waals surface area (Å²) in [6, 6.07) is 11.3. The molecule has 0 saturated heterocycles. The molecule has 0 fully saturated rings. The molecule has 3 rings (SSSR count). The van der Waals surface area contributed by atoms with Crippen LogP contribution in [-0.4, -0.2) is 11.9 Å². The zero-order valence-electron chi connectivity index (χ0n) is 12.2. The largest absolute Gasteiger partial charge is 0.450 e. The highest BCUT2D eigenvalue weighted by Gasteiger charge is 2.24. The van der Waals surface area contributed by atoms with Gasteiger partial charge in [0, 0.05) is 11.6 Å². The molecule has 0 aliphatic carbocycles. The van der Waals surface area contributed by atoms with Crippen LogP contribution in [0.1, 0.15) is 36.7 Å². The molecule has 0 spiro atoms. The highest BCUT2D eigenvalue weighted by molar-refractivity contribution is 9.10. The summed E-state index contributed by atoms with van der Waals surface area (Å²) in [5, 5.41) is 0. The van der Waals surface area contributed by atoms with Gasteiger partial charge in [0.15, 0.2) is 10.4 Å². The van der Waals surface area contributed by atoms with E-state index >= 15 is 0 Å². The number of hydrogen-bond acceptors (Lipinski definition) is 4. The first-order valence-electron chi connectivity index (χ1n) is 6.91. The first kappa shape index (κ1) is 14.8. The number of esters is 1. The highest BCUT2D eigenvalue weighted by atomic mass is 79.9. The second-order valence-electron chi connectivity index (χ2n) is 5.25. The highest BCUT2D eigenvalue weighted by Crippen LogP contribution is 2.22. The molecule has 2 aromatic rings. The van der Waals surface area contributed by atoms with Crippen molar-refractivity contribution in [2.45, 2.75) is 19.8 Å². The number of benzene rings is 1. The standard InChI is InChI=1S/C17H14BrNO3/c1-10(2)11-3-5-12(6-4-11)16-19-14(17(20)22-16)9-13-7-8-15(18)21-13/h3-10H,1-2H3/b14-9-. The third kappa shape index (κ3) is 3.04. The van der Waals surface area contributed by atoms with Crippen molar-refractivity contribution < 1.29 is 13.9 Å². The van der Waals surface area contributed by atoms with E-state index in [4.69, 9.17) is 9.15 Å². The van der Waals surface area contributed by atoms with Crippen LogP contribution in [0.4, 0.5) is 0 Å². The van der Waals surface area contributed by atoms with E-state index in [-0.39, 0.29) is 5.70 Å². The van der Waals surface area contributed by atoms with Gasteiger partial charge >= 0.3 is 5.97 Å². The van der Waals surface area contributed by atoms with Gasteiger partial charge in [0.1, 0.15) is 5.76 Å². The van der Waals surface area contributed by atoms with Crippen molar-refractivity contribution in [3.8, 4) is 0 Å². The van der Waals surface area contributed by atoms with Crippen LogP contribution >= 0.6 is 15.9 Å². The lowest BCUT2D eigenvalue weighted by Gasteiger charge is -2.05. The van der Waals surface area contributed by atoms with Gasteiger partial charge in [-0.3, -0.25) is 0 Å². The van der Waals surface area contributed by atoms with Crippen LogP contribution in [0.25, 0.3) is 6.08 Å². The fourth-order valence-corrected chi connectivity index (χ4v) is 2.40. The molecule has 2 heterocycles. The summed E-state index contributed by atoms with van der Waals surface area (Å²) >= 11 is 3.22. The van der Waals surface area contributed by atoms with Crippen LogP contribution in [0, 0.1) is 0 Å². The summed E-state index contributed by atoms with van der Waals surface area (Å²) in [5.74, 6) is 0.835. The van der Waals surface area contributed by atoms with E-state index in [1.54, 1.807) is 18.2 Å². The normalized spacial score (nSPS) is 16.3. The van der Waals surface area contributed by atoms with E-state index in [9.17, 15) is 4.79 Å². The lowest BCUT2D eigenvalue weighted by atomic mass is 10.0. The van der Waals surface area contributed by atoms with Gasteiger partial charge in [0.2, 0.25) is 5.90 Å². The van der Waals surface area contributed by atoms with Gasteiger partial charge in [-0.15, -0.1) is 0 Å². The maximum atomic E-state index is 11.9. The average Bonchev–Trinajstić information content (AvgIpc) is 3.06. The van der Waals surface area contributed by atoms with Gasteiger partial charge in [-0.25, -0.2) is 9.79 Å². The molecule has 112 valence electrons. The molecule has 1 aliphatic rings. The van der Waals surface area contributed by atoms with E-state index in [0.29, 0.717) is 22.2 Å². The molecule has 0 unspecified atom stereocenters. The maximum Gasteiger partial charge on any atom is 0.363 e. The number of cyclic esters (lactones) is 1. The summed E-state index contributed by atoms with van der Waals surface area (Å²) in [4.78, 5) is 16.1. The van der Waals surface area contributed by atoms with Gasteiger partial charge in [-0.05, 0) is 51.7 Å². The molecule has 0 bridgehead atoms. The molecule has 1 aromatic carbocycles. The summed E-state index contributed by atoms with van der Waals surface area (Å²) in [7, 11) is 0. The van der Waals surface area contributed by atoms with E-state index < -0.39 is 5.97 Å². The Balaban J connectivity index is 1.87. The fourth-order valence-electron chi connectivity index (χ4n) is 2.08. The second-order valence-corrected chi connectivity index (χ2v) is 6.04. The van der Waals surface area contributed by atoms with Crippen LogP contribution in [-0.2, 0) is 9.53 Å². The van der Waals surface area contributed by atoms with Crippen molar-refractivity contribution in [3.05, 3.63) is 63.7 Å². The summed E-state index contributed by atoms with van der Waals surface area (Å²) in [6.45, 7) is 4.26. The summed E-state index contributed by atoms with van der Waals surface area (Å²) in [6.07, 6.45) is 1.56. The van der Waals surface area contributed by atoms with Crippen molar-refractivity contribution in [2.75, 3.05) is 0 Å². The van der Waals surface area contributed by atoms with E-state index in [1.807, 2.05) is 24.3 Å². The van der Waals surface area contributed by atoms with E-state index in [0.717, 1.165) is 5.56 Å². The Bertz CT molecular complexity index is 769. The molecular weight excluding hydrogens is 346 g/mol. The quantitative estimate of drug-likeness (QED) is 0.598. The average molecular weight is 360 g/mol. The number of rotatable bonds is 3. The third-order valence-corrected chi connectivity index (χ3v) is 3.74. The van der Waals surface area contributed by atoms with Crippen LogP contribution < -0.4 is 0 Å². The van der Waals surface area contributed by atoms with Crippen LogP contribution in [0.15, 0.2) is 56.2 Å². The lowest BCUT2D eigenvalue weighted by molar-refractivity contribution is -0.129. The van der Waals surface area contributed by atoms with Gasteiger partial charge in [0.25, 0.3) is 0 Å². The summed E-state index contributed by atoms with van der Waals surface area (Å²) < 4.78 is 11.2. The Kier molecular flexibility index (Phi) is 3.98. The molecule has 0 atom stereocenters. The van der Waals surface area contributed by atoms with Crippen LogP contribution in [0.5, 0.6) is 0 Å².